The van der Waals surface area contributed by atoms with E-state index in [4.69, 9.17) is 20.7 Å². The van der Waals surface area contributed by atoms with Crippen molar-refractivity contribution in [1.29, 1.82) is 0 Å². The number of aliphatic hydroxyl groups is 1. The van der Waals surface area contributed by atoms with Crippen LogP contribution in [-0.4, -0.2) is 60.9 Å². The highest BCUT2D eigenvalue weighted by molar-refractivity contribution is 5.84. The third kappa shape index (κ3) is 5.31. The molecule has 9 heteroatoms. The molecule has 0 spiro atoms. The molecule has 9 nitrogen and oxygen atoms in total. The number of aliphatic hydroxyl groups excluding tert-OH is 1. The van der Waals surface area contributed by atoms with E-state index >= 15 is 0 Å². The maximum Gasteiger partial charge on any atom is 0.227 e. The summed E-state index contributed by atoms with van der Waals surface area (Å²) in [5.74, 6) is 1.85. The topological polar surface area (TPSA) is 117 Å². The standard InChI is InChI=1S/C25H42N8O/c1-2-5-21(34)17-12-14-32(15-13-17)31-23-22-24(33(16-27-22)20-6-3-4-7-20)30-25(29-23)28-19-10-8-18(26)9-11-19/h16-21,34H,2-15,26H2,1H3,(H2,28,29,30,31). The molecule has 1 saturated heterocycles. The molecule has 34 heavy (non-hydrogen) atoms. The van der Waals surface area contributed by atoms with E-state index in [1.165, 1.54) is 25.7 Å². The van der Waals surface area contributed by atoms with Gasteiger partial charge in [0.25, 0.3) is 0 Å². The van der Waals surface area contributed by atoms with E-state index in [2.05, 4.69) is 27.2 Å². The predicted molar refractivity (Wildman–Crippen MR) is 136 cm³/mol. The van der Waals surface area contributed by atoms with Gasteiger partial charge < -0.3 is 26.1 Å². The Morgan fingerprint density at radius 3 is 2.50 bits per heavy atom. The lowest BCUT2D eigenvalue weighted by Crippen LogP contribution is -2.41. The van der Waals surface area contributed by atoms with Gasteiger partial charge in [-0.25, -0.2) is 9.99 Å². The van der Waals surface area contributed by atoms with Gasteiger partial charge >= 0.3 is 0 Å². The van der Waals surface area contributed by atoms with Crippen molar-refractivity contribution < 1.29 is 5.11 Å². The lowest BCUT2D eigenvalue weighted by atomic mass is 9.89. The second-order valence-corrected chi connectivity index (χ2v) is 10.7. The second kappa shape index (κ2) is 10.7. The van der Waals surface area contributed by atoms with E-state index in [0.29, 0.717) is 30.0 Å². The van der Waals surface area contributed by atoms with E-state index < -0.39 is 0 Å². The summed E-state index contributed by atoms with van der Waals surface area (Å²) >= 11 is 0. The molecular weight excluding hydrogens is 428 g/mol. The minimum atomic E-state index is -0.181. The molecule has 2 aromatic heterocycles. The van der Waals surface area contributed by atoms with Crippen LogP contribution in [0.2, 0.25) is 0 Å². The Kier molecular flexibility index (Phi) is 7.51. The second-order valence-electron chi connectivity index (χ2n) is 10.7. The first-order chi connectivity index (χ1) is 16.6. The fourth-order valence-electron chi connectivity index (χ4n) is 6.03. The lowest BCUT2D eigenvalue weighted by Gasteiger charge is -2.34. The SMILES string of the molecule is CCCC(O)C1CCN(Nc2nc(NC3CCC(N)CC3)nc3c2ncn3C2CCCC2)CC1. The Balaban J connectivity index is 1.35. The molecule has 3 aliphatic rings. The Morgan fingerprint density at radius 1 is 1.06 bits per heavy atom. The summed E-state index contributed by atoms with van der Waals surface area (Å²) in [5.41, 5.74) is 11.4. The third-order valence-electron chi connectivity index (χ3n) is 8.18. The zero-order valence-electron chi connectivity index (χ0n) is 20.6. The first-order valence-corrected chi connectivity index (χ1v) is 13.6. The van der Waals surface area contributed by atoms with Gasteiger partial charge in [-0.15, -0.1) is 0 Å². The monoisotopic (exact) mass is 470 g/mol. The molecule has 0 bridgehead atoms. The molecule has 1 aliphatic heterocycles. The molecule has 1 atom stereocenters. The van der Waals surface area contributed by atoms with Gasteiger partial charge in [-0.1, -0.05) is 26.2 Å². The smallest absolute Gasteiger partial charge is 0.227 e. The minimum Gasteiger partial charge on any atom is -0.393 e. The predicted octanol–water partition coefficient (Wildman–Crippen LogP) is 3.82. The number of rotatable bonds is 8. The van der Waals surface area contributed by atoms with Crippen LogP contribution in [0.1, 0.15) is 90.0 Å². The van der Waals surface area contributed by atoms with Crippen molar-refractivity contribution in [1.82, 2.24) is 24.5 Å². The van der Waals surface area contributed by atoms with Crippen LogP contribution < -0.4 is 16.5 Å². The van der Waals surface area contributed by atoms with Crippen molar-refractivity contribution in [2.45, 2.75) is 108 Å². The average molecular weight is 471 g/mol. The van der Waals surface area contributed by atoms with E-state index in [-0.39, 0.29) is 6.10 Å². The highest BCUT2D eigenvalue weighted by atomic mass is 16.3. The fraction of sp³-hybridized carbons (Fsp3) is 0.800. The maximum atomic E-state index is 10.4. The van der Waals surface area contributed by atoms with Crippen LogP contribution in [-0.2, 0) is 0 Å². The molecule has 2 aliphatic carbocycles. The molecule has 0 radical (unpaired) electrons. The third-order valence-corrected chi connectivity index (χ3v) is 8.18. The first-order valence-electron chi connectivity index (χ1n) is 13.6. The van der Waals surface area contributed by atoms with Gasteiger partial charge in [-0.05, 0) is 63.7 Å². The van der Waals surface area contributed by atoms with Crippen LogP contribution in [0, 0.1) is 5.92 Å². The van der Waals surface area contributed by atoms with Crippen molar-refractivity contribution in [3.63, 3.8) is 0 Å². The Hall–Kier alpha value is -1.97. The number of hydrogen-bond donors (Lipinski definition) is 4. The highest BCUT2D eigenvalue weighted by Crippen LogP contribution is 2.34. The van der Waals surface area contributed by atoms with E-state index in [1.807, 2.05) is 6.33 Å². The number of aromatic nitrogens is 4. The fourth-order valence-corrected chi connectivity index (χ4v) is 6.03. The number of nitrogens with one attached hydrogen (secondary N) is 2. The zero-order valence-corrected chi connectivity index (χ0v) is 20.6. The number of nitrogens with zero attached hydrogens (tertiary/aromatic N) is 5. The summed E-state index contributed by atoms with van der Waals surface area (Å²) in [5, 5.41) is 16.3. The van der Waals surface area contributed by atoms with Gasteiger partial charge in [-0.3, -0.25) is 0 Å². The van der Waals surface area contributed by atoms with Gasteiger partial charge in [0.1, 0.15) is 0 Å². The molecule has 3 fully saturated rings. The highest BCUT2D eigenvalue weighted by Gasteiger charge is 2.27. The number of hydrazine groups is 1. The minimum absolute atomic E-state index is 0.181. The van der Waals surface area contributed by atoms with Crippen LogP contribution in [0.4, 0.5) is 11.8 Å². The largest absolute Gasteiger partial charge is 0.393 e. The molecule has 188 valence electrons. The Morgan fingerprint density at radius 2 is 1.79 bits per heavy atom. The van der Waals surface area contributed by atoms with E-state index in [1.54, 1.807) is 0 Å². The van der Waals surface area contributed by atoms with Gasteiger partial charge in [-0.2, -0.15) is 9.97 Å². The number of imidazole rings is 1. The molecule has 3 heterocycles. The van der Waals surface area contributed by atoms with Crippen molar-refractivity contribution in [3.8, 4) is 0 Å². The summed E-state index contributed by atoms with van der Waals surface area (Å²) in [7, 11) is 0. The van der Waals surface area contributed by atoms with Crippen molar-refractivity contribution in [2.24, 2.45) is 11.7 Å². The molecule has 1 unspecified atom stereocenters. The summed E-state index contributed by atoms with van der Waals surface area (Å²) in [6.07, 6.45) is 14.8. The van der Waals surface area contributed by atoms with Crippen LogP contribution >= 0.6 is 0 Å². The average Bonchev–Trinajstić information content (AvgIpc) is 3.51. The van der Waals surface area contributed by atoms with Gasteiger partial charge in [0.15, 0.2) is 17.0 Å². The molecule has 0 amide bonds. The molecule has 5 N–H and O–H groups in total. The van der Waals surface area contributed by atoms with Crippen LogP contribution in [0.15, 0.2) is 6.33 Å². The van der Waals surface area contributed by atoms with Crippen molar-refractivity contribution in [2.75, 3.05) is 23.8 Å². The number of anilines is 2. The number of fused-ring (bicyclic) bond motifs is 1. The summed E-state index contributed by atoms with van der Waals surface area (Å²) in [6, 6.07) is 1.16. The summed E-state index contributed by atoms with van der Waals surface area (Å²) in [6.45, 7) is 3.92. The quantitative estimate of drug-likeness (QED) is 0.460. The van der Waals surface area contributed by atoms with E-state index in [9.17, 15) is 5.11 Å². The van der Waals surface area contributed by atoms with Gasteiger partial charge in [0.05, 0.1) is 12.4 Å². The van der Waals surface area contributed by atoms with Crippen molar-refractivity contribution >= 4 is 22.9 Å². The summed E-state index contributed by atoms with van der Waals surface area (Å²) in [4.78, 5) is 14.6. The normalized spacial score (nSPS) is 26.2. The number of nitrogens with two attached hydrogens (primary N) is 1. The molecule has 0 aromatic carbocycles. The van der Waals surface area contributed by atoms with Crippen LogP contribution in [0.25, 0.3) is 11.2 Å². The zero-order chi connectivity index (χ0) is 23.5. The number of hydrogen-bond acceptors (Lipinski definition) is 8. The molecule has 5 rings (SSSR count). The van der Waals surface area contributed by atoms with Gasteiger partial charge in [0.2, 0.25) is 5.95 Å². The van der Waals surface area contributed by atoms with Gasteiger partial charge in [0, 0.05) is 31.2 Å². The maximum absolute atomic E-state index is 10.4. The molecule has 2 saturated carbocycles. The number of piperidine rings is 1. The molecule has 2 aromatic rings. The molecular formula is C25H42N8O. The Bertz CT molecular complexity index is 926. The van der Waals surface area contributed by atoms with Crippen LogP contribution in [0.5, 0.6) is 0 Å². The lowest BCUT2D eigenvalue weighted by molar-refractivity contribution is 0.0590. The summed E-state index contributed by atoms with van der Waals surface area (Å²) < 4.78 is 2.27. The van der Waals surface area contributed by atoms with E-state index in [0.717, 1.165) is 81.4 Å². The van der Waals surface area contributed by atoms with Crippen LogP contribution in [0.3, 0.4) is 0 Å². The first kappa shape index (κ1) is 23.8. The Labute approximate surface area is 202 Å². The van der Waals surface area contributed by atoms with Crippen molar-refractivity contribution in [3.05, 3.63) is 6.33 Å².